The standard InChI is InChI=1S/C23H17F3N4O7/c1-36-22(31)15-8-6-14(7-9-15)13-37-20-5-3-2-4-16(20)12-27-28-21-18(29(32)33)10-17(23(24,25)26)11-19(21)30(34)35/h2-12,28H,13H2,1H3/b27-12-. The molecule has 0 amide bonds. The first-order valence-corrected chi connectivity index (χ1v) is 10.2. The highest BCUT2D eigenvalue weighted by Crippen LogP contribution is 2.41. The number of carbonyl (C=O) groups is 1. The van der Waals surface area contributed by atoms with Gasteiger partial charge in [0.1, 0.15) is 12.4 Å². The molecule has 0 heterocycles. The van der Waals surface area contributed by atoms with Crippen LogP contribution in [-0.2, 0) is 17.5 Å². The number of benzene rings is 3. The number of anilines is 1. The van der Waals surface area contributed by atoms with Crippen molar-refractivity contribution in [1.82, 2.24) is 0 Å². The smallest absolute Gasteiger partial charge is 0.416 e. The number of para-hydroxylation sites is 1. The molecule has 37 heavy (non-hydrogen) atoms. The van der Waals surface area contributed by atoms with E-state index in [4.69, 9.17) is 4.74 Å². The Morgan fingerprint density at radius 2 is 1.62 bits per heavy atom. The van der Waals surface area contributed by atoms with Crippen LogP contribution in [0, 0.1) is 20.2 Å². The van der Waals surface area contributed by atoms with Gasteiger partial charge in [-0.25, -0.2) is 4.79 Å². The molecule has 0 atom stereocenters. The molecule has 0 radical (unpaired) electrons. The van der Waals surface area contributed by atoms with Gasteiger partial charge in [0.25, 0.3) is 0 Å². The third kappa shape index (κ3) is 6.56. The van der Waals surface area contributed by atoms with Gasteiger partial charge in [0.05, 0.1) is 34.3 Å². The van der Waals surface area contributed by atoms with Gasteiger partial charge in [0.2, 0.25) is 5.69 Å². The third-order valence-corrected chi connectivity index (χ3v) is 4.89. The highest BCUT2D eigenvalue weighted by molar-refractivity contribution is 5.89. The van der Waals surface area contributed by atoms with Crippen LogP contribution in [0.3, 0.4) is 0 Å². The topological polar surface area (TPSA) is 146 Å². The number of esters is 1. The first kappa shape index (κ1) is 26.6. The second-order valence-electron chi connectivity index (χ2n) is 7.29. The van der Waals surface area contributed by atoms with E-state index in [-0.39, 0.29) is 18.7 Å². The largest absolute Gasteiger partial charge is 0.488 e. The van der Waals surface area contributed by atoms with E-state index in [1.807, 2.05) is 0 Å². The van der Waals surface area contributed by atoms with Crippen LogP contribution in [0.15, 0.2) is 65.8 Å². The van der Waals surface area contributed by atoms with Gasteiger partial charge in [-0.15, -0.1) is 0 Å². The molecule has 11 nitrogen and oxygen atoms in total. The molecule has 0 unspecified atom stereocenters. The van der Waals surface area contributed by atoms with E-state index >= 15 is 0 Å². The van der Waals surface area contributed by atoms with Gasteiger partial charge >= 0.3 is 23.5 Å². The fourth-order valence-corrected chi connectivity index (χ4v) is 3.08. The Balaban J connectivity index is 1.83. The summed E-state index contributed by atoms with van der Waals surface area (Å²) >= 11 is 0. The van der Waals surface area contributed by atoms with Crippen LogP contribution < -0.4 is 10.2 Å². The van der Waals surface area contributed by atoms with Crippen molar-refractivity contribution >= 4 is 29.2 Å². The number of nitro groups is 2. The number of ether oxygens (including phenoxy) is 2. The van der Waals surface area contributed by atoms with E-state index in [0.29, 0.717) is 22.4 Å². The van der Waals surface area contributed by atoms with E-state index in [0.717, 1.165) is 6.21 Å². The Morgan fingerprint density at radius 3 is 2.16 bits per heavy atom. The summed E-state index contributed by atoms with van der Waals surface area (Å²) in [6.45, 7) is 0.0928. The van der Waals surface area contributed by atoms with E-state index in [1.54, 1.807) is 48.5 Å². The summed E-state index contributed by atoms with van der Waals surface area (Å²) in [5.41, 5.74) is -1.15. The zero-order valence-electron chi connectivity index (χ0n) is 18.9. The number of carbonyl (C=O) groups excluding carboxylic acids is 1. The summed E-state index contributed by atoms with van der Waals surface area (Å²) in [6, 6.07) is 13.3. The molecule has 3 aromatic rings. The average molecular weight is 518 g/mol. The van der Waals surface area contributed by atoms with Gasteiger partial charge in [0, 0.05) is 17.7 Å². The van der Waals surface area contributed by atoms with Crippen LogP contribution in [0.5, 0.6) is 5.75 Å². The van der Waals surface area contributed by atoms with Crippen LogP contribution in [-0.4, -0.2) is 29.1 Å². The minimum Gasteiger partial charge on any atom is -0.488 e. The van der Waals surface area contributed by atoms with E-state index in [2.05, 4.69) is 15.3 Å². The Labute approximate surface area is 206 Å². The first-order chi connectivity index (χ1) is 17.5. The Kier molecular flexibility index (Phi) is 8.02. The number of methoxy groups -OCH3 is 1. The summed E-state index contributed by atoms with van der Waals surface area (Å²) in [4.78, 5) is 31.8. The highest BCUT2D eigenvalue weighted by Gasteiger charge is 2.37. The normalized spacial score (nSPS) is 11.2. The van der Waals surface area contributed by atoms with Crippen molar-refractivity contribution in [3.63, 3.8) is 0 Å². The molecule has 0 bridgehead atoms. The SMILES string of the molecule is COC(=O)c1ccc(COc2ccccc2/C=N\Nc2c([N+](=O)[O-])cc(C(F)(F)F)cc2[N+](=O)[O-])cc1. The van der Waals surface area contributed by atoms with Gasteiger partial charge in [0.15, 0.2) is 0 Å². The van der Waals surface area contributed by atoms with Crippen molar-refractivity contribution in [2.24, 2.45) is 5.10 Å². The summed E-state index contributed by atoms with van der Waals surface area (Å²) in [5.74, 6) is -0.170. The van der Waals surface area contributed by atoms with Gasteiger partial charge in [-0.1, -0.05) is 24.3 Å². The number of nitrogens with one attached hydrogen (secondary N) is 1. The minimum absolute atomic E-state index is 0.0928. The zero-order valence-corrected chi connectivity index (χ0v) is 18.9. The second-order valence-corrected chi connectivity index (χ2v) is 7.29. The molecule has 1 N–H and O–H groups in total. The number of rotatable bonds is 9. The number of hydrazone groups is 1. The molecular weight excluding hydrogens is 501 g/mol. The fraction of sp³-hybridized carbons (Fsp3) is 0.130. The maximum Gasteiger partial charge on any atom is 0.416 e. The Hall–Kier alpha value is -5.01. The number of hydrogen-bond donors (Lipinski definition) is 1. The molecule has 0 aliphatic rings. The average Bonchev–Trinajstić information content (AvgIpc) is 2.86. The van der Waals surface area contributed by atoms with Crippen molar-refractivity contribution < 1.29 is 37.3 Å². The third-order valence-electron chi connectivity index (χ3n) is 4.89. The molecular formula is C23H17F3N4O7. The molecule has 0 fully saturated rings. The van der Waals surface area contributed by atoms with Crippen LogP contribution in [0.4, 0.5) is 30.2 Å². The van der Waals surface area contributed by atoms with Gasteiger partial charge in [-0.3, -0.25) is 25.7 Å². The maximum atomic E-state index is 13.1. The molecule has 3 aromatic carbocycles. The lowest BCUT2D eigenvalue weighted by Gasteiger charge is -2.10. The van der Waals surface area contributed by atoms with Crippen molar-refractivity contribution in [1.29, 1.82) is 0 Å². The maximum absolute atomic E-state index is 13.1. The summed E-state index contributed by atoms with van der Waals surface area (Å²) in [5, 5.41) is 26.4. The summed E-state index contributed by atoms with van der Waals surface area (Å²) in [7, 11) is 1.26. The van der Waals surface area contributed by atoms with Crippen molar-refractivity contribution in [3.8, 4) is 5.75 Å². The number of hydrogen-bond acceptors (Lipinski definition) is 9. The van der Waals surface area contributed by atoms with Gasteiger partial charge in [-0.2, -0.15) is 18.3 Å². The molecule has 0 saturated carbocycles. The van der Waals surface area contributed by atoms with Crippen LogP contribution in [0.25, 0.3) is 0 Å². The molecule has 0 aromatic heterocycles. The molecule has 192 valence electrons. The monoisotopic (exact) mass is 518 g/mol. The molecule has 14 heteroatoms. The lowest BCUT2D eigenvalue weighted by molar-refractivity contribution is -0.392. The second kappa shape index (κ2) is 11.2. The predicted molar refractivity (Wildman–Crippen MR) is 125 cm³/mol. The predicted octanol–water partition coefficient (Wildman–Crippen LogP) is 5.33. The van der Waals surface area contributed by atoms with E-state index < -0.39 is 44.6 Å². The number of nitrogens with zero attached hydrogens (tertiary/aromatic N) is 3. The quantitative estimate of drug-likeness (QED) is 0.173. The van der Waals surface area contributed by atoms with Crippen molar-refractivity contribution in [3.05, 3.63) is 103 Å². The summed E-state index contributed by atoms with van der Waals surface area (Å²) < 4.78 is 49.6. The van der Waals surface area contributed by atoms with Gasteiger partial charge < -0.3 is 9.47 Å². The van der Waals surface area contributed by atoms with Crippen LogP contribution >= 0.6 is 0 Å². The summed E-state index contributed by atoms with van der Waals surface area (Å²) in [6.07, 6.45) is -3.89. The zero-order chi connectivity index (χ0) is 27.2. The van der Waals surface area contributed by atoms with E-state index in [9.17, 15) is 38.2 Å². The fourth-order valence-electron chi connectivity index (χ4n) is 3.08. The van der Waals surface area contributed by atoms with Crippen LogP contribution in [0.2, 0.25) is 0 Å². The first-order valence-electron chi connectivity index (χ1n) is 10.2. The number of alkyl halides is 3. The van der Waals surface area contributed by atoms with E-state index in [1.165, 1.54) is 7.11 Å². The molecule has 0 spiro atoms. The van der Waals surface area contributed by atoms with Crippen LogP contribution in [0.1, 0.15) is 27.0 Å². The highest BCUT2D eigenvalue weighted by atomic mass is 19.4. The molecule has 0 saturated heterocycles. The van der Waals surface area contributed by atoms with Crippen molar-refractivity contribution in [2.45, 2.75) is 12.8 Å². The Morgan fingerprint density at radius 1 is 1.03 bits per heavy atom. The minimum atomic E-state index is -5.03. The number of halogens is 3. The molecule has 3 rings (SSSR count). The Bertz CT molecular complexity index is 1320. The van der Waals surface area contributed by atoms with Gasteiger partial charge in [-0.05, 0) is 29.8 Å². The molecule has 0 aliphatic heterocycles. The lowest BCUT2D eigenvalue weighted by Crippen LogP contribution is -2.09. The van der Waals surface area contributed by atoms with Crippen molar-refractivity contribution in [2.75, 3.05) is 12.5 Å². The lowest BCUT2D eigenvalue weighted by atomic mass is 10.1. The number of nitro benzene ring substituents is 2. The molecule has 0 aliphatic carbocycles.